The number of aryl methyl sites for hydroxylation is 1. The van der Waals surface area contributed by atoms with Crippen LogP contribution in [0.15, 0.2) is 47.3 Å². The van der Waals surface area contributed by atoms with Gasteiger partial charge in [0, 0.05) is 18.7 Å². The van der Waals surface area contributed by atoms with Crippen LogP contribution in [0.5, 0.6) is 11.5 Å². The van der Waals surface area contributed by atoms with Crippen molar-refractivity contribution in [3.05, 3.63) is 81.1 Å². The molecule has 0 aliphatic heterocycles. The second-order valence-electron chi connectivity index (χ2n) is 6.57. The normalized spacial score (nSPS) is 10.7. The minimum Gasteiger partial charge on any atom is -0.456 e. The Morgan fingerprint density at radius 2 is 1.79 bits per heavy atom. The fourth-order valence-corrected chi connectivity index (χ4v) is 2.81. The topological polar surface area (TPSA) is 86.3 Å². The summed E-state index contributed by atoms with van der Waals surface area (Å²) in [5, 5.41) is 2.74. The van der Waals surface area contributed by atoms with Crippen molar-refractivity contribution in [2.75, 3.05) is 5.32 Å². The molecular formula is C21H19F2N3O3. The van der Waals surface area contributed by atoms with Gasteiger partial charge >= 0.3 is 0 Å². The number of amides is 1. The first-order chi connectivity index (χ1) is 13.7. The SMILES string of the molecule is Cc1ccc(Nc2c(C(N)=O)c(Oc3cccc(F)c3C)cc(=O)n2C)c(F)c1. The molecule has 6 nitrogen and oxygen atoms in total. The van der Waals surface area contributed by atoms with Crippen molar-refractivity contribution in [2.24, 2.45) is 12.8 Å². The predicted molar refractivity (Wildman–Crippen MR) is 106 cm³/mol. The van der Waals surface area contributed by atoms with Gasteiger partial charge in [-0.05, 0) is 43.7 Å². The van der Waals surface area contributed by atoms with Gasteiger partial charge in [-0.3, -0.25) is 14.2 Å². The highest BCUT2D eigenvalue weighted by Gasteiger charge is 2.22. The van der Waals surface area contributed by atoms with Crippen LogP contribution >= 0.6 is 0 Å². The summed E-state index contributed by atoms with van der Waals surface area (Å²) < 4.78 is 34.9. The van der Waals surface area contributed by atoms with E-state index >= 15 is 0 Å². The fraction of sp³-hybridized carbons (Fsp3) is 0.143. The first kappa shape index (κ1) is 20.1. The Balaban J connectivity index is 2.17. The summed E-state index contributed by atoms with van der Waals surface area (Å²) in [7, 11) is 1.40. The van der Waals surface area contributed by atoms with Crippen molar-refractivity contribution >= 4 is 17.4 Å². The van der Waals surface area contributed by atoms with E-state index in [0.29, 0.717) is 5.56 Å². The summed E-state index contributed by atoms with van der Waals surface area (Å²) in [4.78, 5) is 24.6. The van der Waals surface area contributed by atoms with Gasteiger partial charge < -0.3 is 15.8 Å². The number of nitrogens with two attached hydrogens (primary N) is 1. The highest BCUT2D eigenvalue weighted by Crippen LogP contribution is 2.33. The summed E-state index contributed by atoms with van der Waals surface area (Å²) in [5.74, 6) is -2.07. The number of nitrogens with one attached hydrogen (secondary N) is 1. The number of carbonyl (C=O) groups excluding carboxylic acids is 1. The molecule has 1 heterocycles. The third-order valence-corrected chi connectivity index (χ3v) is 4.47. The molecule has 0 aliphatic carbocycles. The van der Waals surface area contributed by atoms with Gasteiger partial charge in [-0.15, -0.1) is 0 Å². The van der Waals surface area contributed by atoms with Crippen LogP contribution in [0.2, 0.25) is 0 Å². The lowest BCUT2D eigenvalue weighted by molar-refractivity contribution is 0.0998. The van der Waals surface area contributed by atoms with E-state index in [0.717, 1.165) is 10.6 Å². The standard InChI is InChI=1S/C21H19F2N3O3/c1-11-7-8-15(14(23)9-11)25-21-19(20(24)28)17(10-18(27)26(21)3)29-16-6-4-5-13(22)12(16)2/h4-10,25H,1-3H3,(H2,24,28). The van der Waals surface area contributed by atoms with Gasteiger partial charge in [0.1, 0.15) is 34.5 Å². The summed E-state index contributed by atoms with van der Waals surface area (Å²) >= 11 is 0. The van der Waals surface area contributed by atoms with Gasteiger partial charge in [-0.25, -0.2) is 8.78 Å². The van der Waals surface area contributed by atoms with Gasteiger partial charge in [0.05, 0.1) is 5.69 Å². The Morgan fingerprint density at radius 1 is 1.07 bits per heavy atom. The zero-order valence-corrected chi connectivity index (χ0v) is 16.0. The summed E-state index contributed by atoms with van der Waals surface area (Å²) in [6.45, 7) is 3.23. The molecule has 8 heteroatoms. The smallest absolute Gasteiger partial charge is 0.256 e. The first-order valence-electron chi connectivity index (χ1n) is 8.69. The highest BCUT2D eigenvalue weighted by molar-refractivity contribution is 6.01. The molecule has 0 saturated carbocycles. The molecule has 3 N–H and O–H groups in total. The van der Waals surface area contributed by atoms with Crippen molar-refractivity contribution < 1.29 is 18.3 Å². The van der Waals surface area contributed by atoms with Crippen LogP contribution in [-0.4, -0.2) is 10.5 Å². The van der Waals surface area contributed by atoms with Crippen LogP contribution in [0.3, 0.4) is 0 Å². The molecule has 0 spiro atoms. The number of pyridine rings is 1. The molecule has 3 rings (SSSR count). The third-order valence-electron chi connectivity index (χ3n) is 4.47. The number of aromatic nitrogens is 1. The molecule has 150 valence electrons. The molecular weight excluding hydrogens is 380 g/mol. The van der Waals surface area contributed by atoms with Gasteiger partial charge in [0.2, 0.25) is 0 Å². The second kappa shape index (κ2) is 7.75. The first-order valence-corrected chi connectivity index (χ1v) is 8.69. The van der Waals surface area contributed by atoms with E-state index in [1.165, 1.54) is 44.3 Å². The van der Waals surface area contributed by atoms with Crippen LogP contribution in [0.25, 0.3) is 0 Å². The summed E-state index contributed by atoms with van der Waals surface area (Å²) in [5.41, 5.74) is 5.78. The molecule has 3 aromatic rings. The number of anilines is 2. The zero-order valence-electron chi connectivity index (χ0n) is 16.0. The van der Waals surface area contributed by atoms with Crippen molar-refractivity contribution in [2.45, 2.75) is 13.8 Å². The van der Waals surface area contributed by atoms with E-state index in [1.807, 2.05) is 0 Å². The Bertz CT molecular complexity index is 1170. The number of nitrogens with zero attached hydrogens (tertiary/aromatic N) is 1. The maximum Gasteiger partial charge on any atom is 0.256 e. The molecule has 0 bridgehead atoms. The van der Waals surface area contributed by atoms with E-state index in [1.54, 1.807) is 13.0 Å². The van der Waals surface area contributed by atoms with Crippen LogP contribution in [0, 0.1) is 25.5 Å². The average Bonchev–Trinajstić information content (AvgIpc) is 2.64. The van der Waals surface area contributed by atoms with E-state index in [9.17, 15) is 18.4 Å². The molecule has 29 heavy (non-hydrogen) atoms. The van der Waals surface area contributed by atoms with Crippen molar-refractivity contribution in [3.8, 4) is 11.5 Å². The molecule has 0 fully saturated rings. The van der Waals surface area contributed by atoms with E-state index < -0.39 is 23.1 Å². The third kappa shape index (κ3) is 3.96. The maximum atomic E-state index is 14.3. The van der Waals surface area contributed by atoms with Crippen molar-refractivity contribution in [1.82, 2.24) is 4.57 Å². The van der Waals surface area contributed by atoms with Crippen molar-refractivity contribution in [3.63, 3.8) is 0 Å². The molecule has 1 aromatic heterocycles. The number of benzene rings is 2. The lowest BCUT2D eigenvalue weighted by Crippen LogP contribution is -2.25. The van der Waals surface area contributed by atoms with Gasteiger partial charge in [0.15, 0.2) is 0 Å². The lowest BCUT2D eigenvalue weighted by Gasteiger charge is -2.19. The molecule has 1 amide bonds. The Hall–Kier alpha value is -3.68. The van der Waals surface area contributed by atoms with E-state index in [-0.39, 0.29) is 34.1 Å². The highest BCUT2D eigenvalue weighted by atomic mass is 19.1. The number of primary amides is 1. The number of hydrogen-bond donors (Lipinski definition) is 2. The van der Waals surface area contributed by atoms with E-state index in [4.69, 9.17) is 10.5 Å². The minimum absolute atomic E-state index is 0.0446. The predicted octanol–water partition coefficient (Wildman–Crippen LogP) is 3.92. The number of hydrogen-bond acceptors (Lipinski definition) is 4. The fourth-order valence-electron chi connectivity index (χ4n) is 2.81. The van der Waals surface area contributed by atoms with E-state index in [2.05, 4.69) is 5.32 Å². The molecule has 0 saturated heterocycles. The molecule has 0 radical (unpaired) electrons. The van der Waals surface area contributed by atoms with Gasteiger partial charge in [-0.1, -0.05) is 12.1 Å². The van der Waals surface area contributed by atoms with Gasteiger partial charge in [0.25, 0.3) is 11.5 Å². The molecule has 0 unspecified atom stereocenters. The Kier molecular flexibility index (Phi) is 5.36. The number of halogens is 2. The number of ether oxygens (including phenoxy) is 1. The second-order valence-corrected chi connectivity index (χ2v) is 6.57. The Labute approximate surface area is 165 Å². The lowest BCUT2D eigenvalue weighted by atomic mass is 10.1. The molecule has 0 atom stereocenters. The number of carbonyl (C=O) groups is 1. The van der Waals surface area contributed by atoms with Crippen LogP contribution in [0.1, 0.15) is 21.5 Å². The monoisotopic (exact) mass is 399 g/mol. The zero-order chi connectivity index (χ0) is 21.3. The van der Waals surface area contributed by atoms with Crippen LogP contribution in [0.4, 0.5) is 20.3 Å². The quantitative estimate of drug-likeness (QED) is 0.681. The maximum absolute atomic E-state index is 14.3. The minimum atomic E-state index is -0.903. The summed E-state index contributed by atoms with van der Waals surface area (Å²) in [6, 6.07) is 9.71. The summed E-state index contributed by atoms with van der Waals surface area (Å²) in [6.07, 6.45) is 0. The number of rotatable bonds is 5. The molecule has 2 aromatic carbocycles. The largest absolute Gasteiger partial charge is 0.456 e. The average molecular weight is 399 g/mol. The Morgan fingerprint density at radius 3 is 2.45 bits per heavy atom. The van der Waals surface area contributed by atoms with Crippen LogP contribution in [-0.2, 0) is 7.05 Å². The molecule has 0 aliphatic rings. The van der Waals surface area contributed by atoms with Crippen molar-refractivity contribution in [1.29, 1.82) is 0 Å². The van der Waals surface area contributed by atoms with Gasteiger partial charge in [-0.2, -0.15) is 0 Å². The van der Waals surface area contributed by atoms with Crippen LogP contribution < -0.4 is 21.3 Å².